The molecule has 19 heteroatoms. The summed E-state index contributed by atoms with van der Waals surface area (Å²) in [5, 5.41) is 63.3. The Labute approximate surface area is 100 Å². The number of rotatable bonds is 6. The average Bonchev–Trinajstić information content (AvgIpc) is 2.15. The van der Waals surface area contributed by atoms with Crippen LogP contribution in [0.2, 0.25) is 0 Å². The Morgan fingerprint density at radius 2 is 0.579 bits per heavy atom. The van der Waals surface area contributed by atoms with Gasteiger partial charge in [0.25, 0.3) is 0 Å². The van der Waals surface area contributed by atoms with Crippen molar-refractivity contribution in [2.24, 2.45) is 0 Å². The maximum Gasteiger partial charge on any atom is 1.00 e. The van der Waals surface area contributed by atoms with Crippen molar-refractivity contribution in [3.05, 3.63) is 60.7 Å². The third-order valence-corrected chi connectivity index (χ3v) is 9.66. The molecule has 0 aromatic carbocycles. The minimum Gasteiger partial charge on any atom is 1.00 e. The summed E-state index contributed by atoms with van der Waals surface area (Å²) in [5.74, 6) is 0. The van der Waals surface area contributed by atoms with E-state index in [2.05, 4.69) is 0 Å². The summed E-state index contributed by atoms with van der Waals surface area (Å²) < 4.78 is -19.4. The van der Waals surface area contributed by atoms with Crippen molar-refractivity contribution in [3.8, 4) is 0 Å². The SMILES string of the molecule is O=[N+]([O-])[Rh-2]([N+](=O)[O-])([N+](=O)[O-])([N+](=O)[O-])([N+](=O)[O-])[N+](=O)[O-].[H+].[H+]. The second kappa shape index (κ2) is 3.28. The summed E-state index contributed by atoms with van der Waals surface area (Å²) in [7, 11) is 0. The van der Waals surface area contributed by atoms with E-state index in [9.17, 15) is 60.7 Å². The monoisotopic (exact) mass is 381 g/mol. The zero-order valence-electron chi connectivity index (χ0n) is 9.92. The van der Waals surface area contributed by atoms with E-state index in [1.807, 2.05) is 0 Å². The van der Waals surface area contributed by atoms with Gasteiger partial charge in [-0.05, 0) is 0 Å². The molecule has 0 atom stereocenters. The van der Waals surface area contributed by atoms with Gasteiger partial charge in [0.05, 0.1) is 0 Å². The van der Waals surface area contributed by atoms with E-state index < -0.39 is 35.9 Å². The second-order valence-corrected chi connectivity index (χ2v) is 10.7. The summed E-state index contributed by atoms with van der Waals surface area (Å²) in [6.45, 7) is 0. The standard InChI is InChI=1S/6NO2.Rh/c6*2-1-3;/q;;;;;;-2/p+2. The van der Waals surface area contributed by atoms with Crippen LogP contribution in [0, 0.1) is 60.7 Å². The molecule has 0 amide bonds. The van der Waals surface area contributed by atoms with Crippen LogP contribution in [0.15, 0.2) is 0 Å². The Bertz CT molecular complexity index is 435. The van der Waals surface area contributed by atoms with Gasteiger partial charge < -0.3 is 0 Å². The van der Waals surface area contributed by atoms with Crippen molar-refractivity contribution in [2.45, 2.75) is 0 Å². The van der Waals surface area contributed by atoms with Gasteiger partial charge in [-0.2, -0.15) is 0 Å². The van der Waals surface area contributed by atoms with E-state index >= 15 is 0 Å². The molecular formula is H2N6O12Rh. The Morgan fingerprint density at radius 1 is 0.474 bits per heavy atom. The molecule has 0 unspecified atom stereocenters. The summed E-state index contributed by atoms with van der Waals surface area (Å²) in [4.78, 5) is 63.3. The van der Waals surface area contributed by atoms with E-state index in [1.165, 1.54) is 0 Å². The molecule has 18 nitrogen and oxygen atoms in total. The molecular weight excluding hydrogens is 379 g/mol. The molecule has 0 heterocycles. The fourth-order valence-corrected chi connectivity index (χ4v) is 3.94. The molecule has 0 aliphatic carbocycles. The molecule has 0 N–H and O–H groups in total. The van der Waals surface area contributed by atoms with E-state index in [0.717, 1.165) is 0 Å². The Hall–Kier alpha value is -2.98. The van der Waals surface area contributed by atoms with Crippen LogP contribution in [-0.4, -0.2) is 22.0 Å². The first-order chi connectivity index (χ1) is 8.34. The molecule has 113 valence electrons. The van der Waals surface area contributed by atoms with Crippen LogP contribution in [0.25, 0.3) is 0 Å². The van der Waals surface area contributed by atoms with Crippen LogP contribution in [0.4, 0.5) is 0 Å². The zero-order valence-corrected chi connectivity index (χ0v) is 9.55. The summed E-state index contributed by atoms with van der Waals surface area (Å²) >= 11 is -10.8. The van der Waals surface area contributed by atoms with Crippen molar-refractivity contribution < 1.29 is 38.7 Å². The zero-order chi connectivity index (χ0) is 15.9. The van der Waals surface area contributed by atoms with Gasteiger partial charge in [-0.15, -0.1) is 0 Å². The first-order valence-corrected chi connectivity index (χ1v) is 7.48. The Morgan fingerprint density at radius 3 is 0.579 bits per heavy atom. The molecule has 0 aliphatic rings. The van der Waals surface area contributed by atoms with Crippen molar-refractivity contribution in [2.75, 3.05) is 0 Å². The van der Waals surface area contributed by atoms with Crippen molar-refractivity contribution >= 4 is 0 Å². The second-order valence-electron chi connectivity index (χ2n) is 2.18. The van der Waals surface area contributed by atoms with E-state index in [0.29, 0.717) is 0 Å². The molecule has 0 saturated carbocycles. The molecule has 19 heavy (non-hydrogen) atoms. The number of nitro groups is 6. The predicted octanol–water partition coefficient (Wildman–Crippen LogP) is -1.41. The molecule has 0 aromatic rings. The molecule has 0 saturated heterocycles. The number of hydrogen-bond donors (Lipinski definition) is 0. The summed E-state index contributed by atoms with van der Waals surface area (Å²) in [5.41, 5.74) is 0. The van der Waals surface area contributed by atoms with Gasteiger partial charge >= 0.3 is 99.4 Å². The average molecular weight is 381 g/mol. The smallest absolute Gasteiger partial charge is 1.00 e. The Balaban J connectivity index is -0.00000162. The van der Waals surface area contributed by atoms with Gasteiger partial charge in [0, 0.05) is 0 Å². The Kier molecular flexibility index (Phi) is 2.76. The van der Waals surface area contributed by atoms with Crippen LogP contribution in [0.3, 0.4) is 0 Å². The van der Waals surface area contributed by atoms with Crippen molar-refractivity contribution in [3.63, 3.8) is 0 Å². The van der Waals surface area contributed by atoms with Gasteiger partial charge in [0.1, 0.15) is 0 Å². The van der Waals surface area contributed by atoms with Crippen LogP contribution >= 0.6 is 0 Å². The van der Waals surface area contributed by atoms with Gasteiger partial charge in [-0.1, -0.05) is 0 Å². The van der Waals surface area contributed by atoms with Gasteiger partial charge in [0.2, 0.25) is 0 Å². The molecule has 0 fully saturated rings. The fraction of sp³-hybridized carbons (Fsp3) is 0. The van der Waals surface area contributed by atoms with E-state index in [1.54, 1.807) is 0 Å². The summed E-state index contributed by atoms with van der Waals surface area (Å²) in [6.07, 6.45) is 0. The fourth-order valence-electron chi connectivity index (χ4n) is 0.667. The normalized spacial score (nSPS) is 14.5. The largest absolute Gasteiger partial charge is 1.00 e. The van der Waals surface area contributed by atoms with E-state index in [-0.39, 0.29) is 2.85 Å². The van der Waals surface area contributed by atoms with Crippen LogP contribution < -0.4 is 0 Å². The predicted molar refractivity (Wildman–Crippen MR) is 44.2 cm³/mol. The van der Waals surface area contributed by atoms with Gasteiger partial charge in [-0.25, -0.2) is 0 Å². The molecule has 0 rings (SSSR count). The van der Waals surface area contributed by atoms with Crippen LogP contribution in [0.1, 0.15) is 2.85 Å². The third-order valence-electron chi connectivity index (χ3n) is 1.63. The minimum absolute atomic E-state index is 0. The molecule has 0 bridgehead atoms. The van der Waals surface area contributed by atoms with Crippen LogP contribution in [0.5, 0.6) is 0 Å². The first-order valence-electron chi connectivity index (χ1n) is 3.09. The molecule has 0 radical (unpaired) electrons. The van der Waals surface area contributed by atoms with Gasteiger partial charge in [0.15, 0.2) is 0 Å². The van der Waals surface area contributed by atoms with Crippen LogP contribution in [-0.2, 0) is 13.9 Å². The van der Waals surface area contributed by atoms with Gasteiger partial charge in [-0.3, -0.25) is 0 Å². The van der Waals surface area contributed by atoms with E-state index in [4.69, 9.17) is 0 Å². The topological polar surface area (TPSA) is 259 Å². The molecule has 0 aromatic heterocycles. The number of hydrogen-bond acceptors (Lipinski definition) is 12. The maximum atomic E-state index is 10.5. The minimum atomic E-state index is -10.8. The maximum absolute atomic E-state index is 10.8. The third kappa shape index (κ3) is 0.784. The quantitative estimate of drug-likeness (QED) is 0.292. The molecule has 0 spiro atoms. The van der Waals surface area contributed by atoms with Crippen molar-refractivity contribution in [1.29, 1.82) is 0 Å². The van der Waals surface area contributed by atoms with Crippen molar-refractivity contribution in [1.82, 2.24) is 0 Å². The first kappa shape index (κ1) is 16.0. The number of nitrogens with zero attached hydrogens (tertiary/aromatic N) is 6. The molecule has 0 aliphatic heterocycles. The summed E-state index contributed by atoms with van der Waals surface area (Å²) in [6, 6.07) is 0.